The van der Waals surface area contributed by atoms with Crippen molar-refractivity contribution in [3.05, 3.63) is 47.2 Å². The van der Waals surface area contributed by atoms with Gasteiger partial charge in [0.15, 0.2) is 6.10 Å². The second-order valence-corrected chi connectivity index (χ2v) is 6.86. The van der Waals surface area contributed by atoms with Gasteiger partial charge in [-0.25, -0.2) is 4.79 Å². The molecular weight excluding hydrogens is 360 g/mol. The lowest BCUT2D eigenvalue weighted by atomic mass is 10.2. The van der Waals surface area contributed by atoms with Gasteiger partial charge in [0.25, 0.3) is 11.8 Å². The van der Waals surface area contributed by atoms with Gasteiger partial charge in [-0.15, -0.1) is 33.3 Å². The molecule has 0 unspecified atom stereocenters. The normalized spacial score (nSPS) is 12.0. The van der Waals surface area contributed by atoms with Gasteiger partial charge in [-0.05, 0) is 42.8 Å². The third-order valence-corrected chi connectivity index (χ3v) is 5.02. The number of thioether (sulfide) groups is 1. The van der Waals surface area contributed by atoms with Crippen molar-refractivity contribution in [2.75, 3.05) is 13.4 Å². The molecule has 1 atom stereocenters. The second kappa shape index (κ2) is 7.71. The molecule has 0 saturated carbocycles. The van der Waals surface area contributed by atoms with Crippen LogP contribution in [0.1, 0.15) is 29.3 Å². The summed E-state index contributed by atoms with van der Waals surface area (Å²) in [6, 6.07) is 9.11. The summed E-state index contributed by atoms with van der Waals surface area (Å²) in [5.74, 6) is 0.619. The minimum absolute atomic E-state index is 0.247. The number of nitrogens with zero attached hydrogens (tertiary/aromatic N) is 2. The SMILES string of the molecule is COc1cc(SC)ccc1C(=O)O[C@@H](C)c1nnc(-c2cccs2)o1. The van der Waals surface area contributed by atoms with Crippen molar-refractivity contribution in [1.29, 1.82) is 0 Å². The molecule has 2 heterocycles. The van der Waals surface area contributed by atoms with Crippen molar-refractivity contribution >= 4 is 29.1 Å². The third-order valence-electron chi connectivity index (χ3n) is 3.43. The highest BCUT2D eigenvalue weighted by molar-refractivity contribution is 7.98. The van der Waals surface area contributed by atoms with Gasteiger partial charge >= 0.3 is 5.97 Å². The van der Waals surface area contributed by atoms with Crippen LogP contribution >= 0.6 is 23.1 Å². The van der Waals surface area contributed by atoms with Crippen molar-refractivity contribution in [1.82, 2.24) is 10.2 Å². The smallest absolute Gasteiger partial charge is 0.342 e. The lowest BCUT2D eigenvalue weighted by Gasteiger charge is -2.12. The number of hydrogen-bond acceptors (Lipinski definition) is 8. The fourth-order valence-electron chi connectivity index (χ4n) is 2.14. The molecule has 0 fully saturated rings. The molecule has 0 aliphatic carbocycles. The molecule has 6 nitrogen and oxygen atoms in total. The van der Waals surface area contributed by atoms with Crippen molar-refractivity contribution < 1.29 is 18.7 Å². The van der Waals surface area contributed by atoms with Gasteiger partial charge in [0, 0.05) is 4.90 Å². The maximum absolute atomic E-state index is 12.4. The zero-order valence-electron chi connectivity index (χ0n) is 13.9. The largest absolute Gasteiger partial charge is 0.496 e. The molecule has 0 radical (unpaired) electrons. The van der Waals surface area contributed by atoms with Gasteiger partial charge in [0.05, 0.1) is 12.0 Å². The van der Waals surface area contributed by atoms with Crippen LogP contribution < -0.4 is 4.74 Å². The van der Waals surface area contributed by atoms with E-state index in [0.29, 0.717) is 17.2 Å². The van der Waals surface area contributed by atoms with Gasteiger partial charge in [-0.3, -0.25) is 0 Å². The molecule has 0 bridgehead atoms. The van der Waals surface area contributed by atoms with Gasteiger partial charge in [0.2, 0.25) is 0 Å². The van der Waals surface area contributed by atoms with Crippen molar-refractivity contribution in [2.45, 2.75) is 17.9 Å². The molecule has 3 aromatic rings. The molecule has 0 N–H and O–H groups in total. The summed E-state index contributed by atoms with van der Waals surface area (Å²) in [6.45, 7) is 1.69. The zero-order chi connectivity index (χ0) is 17.8. The van der Waals surface area contributed by atoms with E-state index >= 15 is 0 Å². The molecule has 0 spiro atoms. The Labute approximate surface area is 153 Å². The molecule has 0 aliphatic rings. The van der Waals surface area contributed by atoms with Gasteiger partial charge in [-0.2, -0.15) is 0 Å². The first kappa shape index (κ1) is 17.5. The number of carbonyl (C=O) groups is 1. The fraction of sp³-hybridized carbons (Fsp3) is 0.235. The van der Waals surface area contributed by atoms with Crippen LogP contribution in [0.3, 0.4) is 0 Å². The van der Waals surface area contributed by atoms with Crippen LogP contribution in [-0.2, 0) is 4.74 Å². The van der Waals surface area contributed by atoms with Gasteiger partial charge in [0.1, 0.15) is 11.3 Å². The Morgan fingerprint density at radius 3 is 2.84 bits per heavy atom. The summed E-state index contributed by atoms with van der Waals surface area (Å²) in [4.78, 5) is 14.3. The van der Waals surface area contributed by atoms with E-state index in [2.05, 4.69) is 10.2 Å². The van der Waals surface area contributed by atoms with E-state index in [1.54, 1.807) is 30.8 Å². The van der Waals surface area contributed by atoms with Crippen LogP contribution in [-0.4, -0.2) is 29.5 Å². The number of ether oxygens (including phenoxy) is 2. The van der Waals surface area contributed by atoms with Crippen LogP contribution in [0.15, 0.2) is 45.0 Å². The quantitative estimate of drug-likeness (QED) is 0.465. The number of thiophene rings is 1. The predicted octanol–water partition coefficient (Wildman–Crippen LogP) is 4.45. The average Bonchev–Trinajstić information content (AvgIpc) is 3.32. The summed E-state index contributed by atoms with van der Waals surface area (Å²) in [5, 5.41) is 9.88. The number of benzene rings is 1. The third kappa shape index (κ3) is 3.85. The highest BCUT2D eigenvalue weighted by atomic mass is 32.2. The Balaban J connectivity index is 1.75. The number of carbonyl (C=O) groups excluding carboxylic acids is 1. The number of hydrogen-bond donors (Lipinski definition) is 0. The van der Waals surface area contributed by atoms with E-state index < -0.39 is 12.1 Å². The maximum Gasteiger partial charge on any atom is 0.342 e. The second-order valence-electron chi connectivity index (χ2n) is 5.04. The van der Waals surface area contributed by atoms with Crippen molar-refractivity contribution in [3.63, 3.8) is 0 Å². The van der Waals surface area contributed by atoms with Crippen LogP contribution in [0.25, 0.3) is 10.8 Å². The lowest BCUT2D eigenvalue weighted by Crippen LogP contribution is -2.11. The molecule has 0 amide bonds. The summed E-state index contributed by atoms with van der Waals surface area (Å²) in [6.07, 6.45) is 1.29. The molecule has 0 aliphatic heterocycles. The van der Waals surface area contributed by atoms with Crippen molar-refractivity contribution in [3.8, 4) is 16.5 Å². The standard InChI is InChI=1S/C17H16N2O4S2/c1-10(15-18-19-16(23-15)14-5-4-8-25-14)22-17(20)12-7-6-11(24-3)9-13(12)21-2/h4-10H,1-3H3/t10-/m0/s1. The van der Waals surface area contributed by atoms with E-state index in [-0.39, 0.29) is 5.89 Å². The number of rotatable bonds is 6. The molecule has 1 aromatic carbocycles. The van der Waals surface area contributed by atoms with E-state index in [4.69, 9.17) is 13.9 Å². The molecule has 25 heavy (non-hydrogen) atoms. The predicted molar refractivity (Wildman–Crippen MR) is 96.2 cm³/mol. The average molecular weight is 376 g/mol. The lowest BCUT2D eigenvalue weighted by molar-refractivity contribution is 0.0276. The van der Waals surface area contributed by atoms with Crippen molar-refractivity contribution in [2.24, 2.45) is 0 Å². The summed E-state index contributed by atoms with van der Waals surface area (Å²) in [7, 11) is 1.52. The first-order valence-corrected chi connectivity index (χ1v) is 9.53. The van der Waals surface area contributed by atoms with Crippen LogP contribution in [0.2, 0.25) is 0 Å². The summed E-state index contributed by atoms with van der Waals surface area (Å²) < 4.78 is 16.3. The molecule has 3 rings (SSSR count). The summed E-state index contributed by atoms with van der Waals surface area (Å²) in [5.41, 5.74) is 0.352. The van der Waals surface area contributed by atoms with Crippen LogP contribution in [0.5, 0.6) is 5.75 Å². The molecule has 130 valence electrons. The van der Waals surface area contributed by atoms with Crippen LogP contribution in [0.4, 0.5) is 0 Å². The Bertz CT molecular complexity index is 861. The van der Waals surface area contributed by atoms with E-state index in [9.17, 15) is 4.79 Å². The first-order valence-electron chi connectivity index (χ1n) is 7.42. The Kier molecular flexibility index (Phi) is 5.40. The Hall–Kier alpha value is -2.32. The molecular formula is C17H16N2O4S2. The number of aromatic nitrogens is 2. The molecule has 0 saturated heterocycles. The molecule has 8 heteroatoms. The number of esters is 1. The highest BCUT2D eigenvalue weighted by Crippen LogP contribution is 2.29. The van der Waals surface area contributed by atoms with E-state index in [1.165, 1.54) is 18.4 Å². The monoisotopic (exact) mass is 376 g/mol. The van der Waals surface area contributed by atoms with Gasteiger partial charge < -0.3 is 13.9 Å². The topological polar surface area (TPSA) is 74.5 Å². The number of methoxy groups -OCH3 is 1. The maximum atomic E-state index is 12.4. The van der Waals surface area contributed by atoms with Crippen LogP contribution in [0, 0.1) is 0 Å². The van der Waals surface area contributed by atoms with E-state index in [1.807, 2.05) is 29.8 Å². The highest BCUT2D eigenvalue weighted by Gasteiger charge is 2.22. The zero-order valence-corrected chi connectivity index (χ0v) is 15.5. The Morgan fingerprint density at radius 2 is 2.16 bits per heavy atom. The summed E-state index contributed by atoms with van der Waals surface area (Å²) >= 11 is 3.06. The minimum Gasteiger partial charge on any atom is -0.496 e. The fourth-order valence-corrected chi connectivity index (χ4v) is 3.21. The Morgan fingerprint density at radius 1 is 1.32 bits per heavy atom. The van der Waals surface area contributed by atoms with Gasteiger partial charge in [-0.1, -0.05) is 6.07 Å². The molecule has 2 aromatic heterocycles. The first-order chi connectivity index (χ1) is 12.1. The minimum atomic E-state index is -0.668. The van der Waals surface area contributed by atoms with E-state index in [0.717, 1.165) is 9.77 Å².